The van der Waals surface area contributed by atoms with E-state index in [1.54, 1.807) is 13.2 Å². The number of hydrogen-bond donors (Lipinski definition) is 2. The lowest BCUT2D eigenvalue weighted by atomic mass is 9.83. The van der Waals surface area contributed by atoms with Crippen molar-refractivity contribution in [3.8, 4) is 0 Å². The Kier molecular flexibility index (Phi) is 7.15. The summed E-state index contributed by atoms with van der Waals surface area (Å²) in [5.74, 6) is 0. The van der Waals surface area contributed by atoms with Crippen molar-refractivity contribution < 1.29 is 10.0 Å². The van der Waals surface area contributed by atoms with Crippen molar-refractivity contribution in [2.45, 2.75) is 0 Å². The molecule has 0 spiro atoms. The molecule has 0 saturated heterocycles. The number of rotatable bonds is 4. The quantitative estimate of drug-likeness (QED) is 0.412. The highest BCUT2D eigenvalue weighted by molar-refractivity contribution is 7.79. The maximum atomic E-state index is 8.54. The van der Waals surface area contributed by atoms with Crippen molar-refractivity contribution >= 4 is 36.4 Å². The van der Waals surface area contributed by atoms with Gasteiger partial charge in [0.2, 0.25) is 0 Å². The number of aryl methyl sites for hydroxylation is 1. The first kappa shape index (κ1) is 20.0. The van der Waals surface area contributed by atoms with E-state index in [1.165, 1.54) is 26.8 Å². The van der Waals surface area contributed by atoms with Crippen LogP contribution >= 0.6 is 7.92 Å². The minimum atomic E-state index is -1.40. The Labute approximate surface area is 167 Å². The highest BCUT2D eigenvalue weighted by Crippen LogP contribution is 2.32. The Hall–Kier alpha value is -2.72. The molecule has 28 heavy (non-hydrogen) atoms. The summed E-state index contributed by atoms with van der Waals surface area (Å²) in [5.41, 5.74) is 0.414. The van der Waals surface area contributed by atoms with Crippen LogP contribution in [0.25, 0.3) is 0 Å². The fourth-order valence-electron chi connectivity index (χ4n) is 2.75. The van der Waals surface area contributed by atoms with Crippen LogP contribution in [0.4, 0.5) is 0 Å². The van der Waals surface area contributed by atoms with Crippen molar-refractivity contribution in [1.29, 1.82) is 0 Å². The minimum absolute atomic E-state index is 0.414. The molecule has 0 bridgehead atoms. The maximum Gasteiger partial charge on any atom is 0.491 e. The molecule has 0 aliphatic heterocycles. The number of hydrogen-bond acceptors (Lipinski definition) is 3. The van der Waals surface area contributed by atoms with Crippen molar-refractivity contribution in [2.24, 2.45) is 7.05 Å². The Morgan fingerprint density at radius 2 is 1.11 bits per heavy atom. The summed E-state index contributed by atoms with van der Waals surface area (Å²) in [6, 6.07) is 32.3. The van der Waals surface area contributed by atoms with E-state index < -0.39 is 15.0 Å². The largest absolute Gasteiger partial charge is 0.491 e. The normalized spacial score (nSPS) is 10.3. The van der Waals surface area contributed by atoms with Crippen LogP contribution < -0.4 is 21.4 Å². The highest BCUT2D eigenvalue weighted by atomic mass is 31.1. The third kappa shape index (κ3) is 5.40. The second kappa shape index (κ2) is 10.0. The second-order valence-electron chi connectivity index (χ2n) is 6.16. The Balaban J connectivity index is 0.000000211. The lowest BCUT2D eigenvalue weighted by Gasteiger charge is -2.18. The molecule has 4 rings (SSSR count). The van der Waals surface area contributed by atoms with E-state index in [1.807, 2.05) is 0 Å². The molecule has 4 nitrogen and oxygen atoms in total. The van der Waals surface area contributed by atoms with E-state index in [9.17, 15) is 0 Å². The number of nitrogens with zero attached hydrogens (tertiary/aromatic N) is 2. The fourth-order valence-corrected chi connectivity index (χ4v) is 5.06. The molecule has 0 unspecified atom stereocenters. The molecule has 140 valence electrons. The van der Waals surface area contributed by atoms with E-state index in [0.29, 0.717) is 5.46 Å². The Morgan fingerprint density at radius 1 is 0.714 bits per heavy atom. The topological polar surface area (TPSA) is 58.3 Å². The van der Waals surface area contributed by atoms with Gasteiger partial charge in [-0.05, 0) is 23.8 Å². The van der Waals surface area contributed by atoms with Crippen molar-refractivity contribution in [2.75, 3.05) is 0 Å². The van der Waals surface area contributed by atoms with E-state index in [0.717, 1.165) is 0 Å². The Bertz CT molecular complexity index is 870. The summed E-state index contributed by atoms with van der Waals surface area (Å²) in [5, 5.41) is 25.0. The van der Waals surface area contributed by atoms with Crippen molar-refractivity contribution in [1.82, 2.24) is 9.78 Å². The molecule has 0 saturated carbocycles. The minimum Gasteiger partial charge on any atom is -0.423 e. The Morgan fingerprint density at radius 3 is 1.36 bits per heavy atom. The summed E-state index contributed by atoms with van der Waals surface area (Å²) in [6.07, 6.45) is 2.95. The average Bonchev–Trinajstić information content (AvgIpc) is 3.18. The fraction of sp³-hybridized carbons (Fsp3) is 0.0455. The molecule has 0 fully saturated rings. The third-order valence-corrected chi connectivity index (χ3v) is 6.51. The van der Waals surface area contributed by atoms with Gasteiger partial charge in [0.25, 0.3) is 0 Å². The van der Waals surface area contributed by atoms with Crippen LogP contribution in [0.3, 0.4) is 0 Å². The van der Waals surface area contributed by atoms with Crippen LogP contribution in [0.15, 0.2) is 103 Å². The van der Waals surface area contributed by atoms with Gasteiger partial charge in [-0.2, -0.15) is 5.10 Å². The van der Waals surface area contributed by atoms with Crippen molar-refractivity contribution in [3.05, 3.63) is 103 Å². The number of aromatic nitrogens is 2. The summed E-state index contributed by atoms with van der Waals surface area (Å²) < 4.78 is 1.51. The second-order valence-corrected chi connectivity index (χ2v) is 8.38. The molecule has 0 radical (unpaired) electrons. The maximum absolute atomic E-state index is 8.54. The van der Waals surface area contributed by atoms with Crippen LogP contribution in [0.5, 0.6) is 0 Å². The van der Waals surface area contributed by atoms with Gasteiger partial charge in [0.05, 0.1) is 0 Å². The van der Waals surface area contributed by atoms with Gasteiger partial charge in [-0.25, -0.2) is 0 Å². The van der Waals surface area contributed by atoms with Crippen LogP contribution in [0, 0.1) is 0 Å². The summed E-state index contributed by atoms with van der Waals surface area (Å²) in [6.45, 7) is 0. The van der Waals surface area contributed by atoms with Gasteiger partial charge in [-0.15, -0.1) is 0 Å². The first-order chi connectivity index (χ1) is 13.6. The zero-order valence-electron chi connectivity index (χ0n) is 15.6. The molecule has 1 aromatic heterocycles. The van der Waals surface area contributed by atoms with Gasteiger partial charge in [0.15, 0.2) is 0 Å². The molecule has 2 N–H and O–H groups in total. The predicted octanol–water partition coefficient (Wildman–Crippen LogP) is 1.54. The number of benzene rings is 3. The zero-order chi connectivity index (χ0) is 19.8. The van der Waals surface area contributed by atoms with Crippen LogP contribution in [0.1, 0.15) is 0 Å². The average molecular weight is 388 g/mol. The molecular formula is C22H22BN2O2P. The summed E-state index contributed by atoms with van der Waals surface area (Å²) >= 11 is 0. The lowest BCUT2D eigenvalue weighted by Crippen LogP contribution is -2.28. The molecule has 0 atom stereocenters. The third-order valence-electron chi connectivity index (χ3n) is 4.07. The van der Waals surface area contributed by atoms with Crippen LogP contribution in [-0.2, 0) is 7.05 Å². The molecule has 0 aliphatic carbocycles. The summed E-state index contributed by atoms with van der Waals surface area (Å²) in [7, 11) is -0.136. The molecular weight excluding hydrogens is 366 g/mol. The molecule has 0 amide bonds. The van der Waals surface area contributed by atoms with Gasteiger partial charge in [0.1, 0.15) is 0 Å². The molecule has 4 aromatic rings. The SMILES string of the molecule is Cn1cc(B(O)O)cn1.c1ccc(P(c2ccccc2)c2ccccc2)cc1. The van der Waals surface area contributed by atoms with E-state index in [-0.39, 0.29) is 0 Å². The lowest BCUT2D eigenvalue weighted by molar-refractivity contribution is 0.425. The van der Waals surface area contributed by atoms with Gasteiger partial charge < -0.3 is 10.0 Å². The van der Waals surface area contributed by atoms with Gasteiger partial charge in [-0.3, -0.25) is 4.68 Å². The smallest absolute Gasteiger partial charge is 0.423 e. The standard InChI is InChI=1S/C18H15P.C4H7BN2O2/c1-4-10-16(11-5-1)19(17-12-6-2-7-13-17)18-14-8-3-9-15-18;1-7-3-4(2-6-7)5(8)9/h1-15H;2-3,8-9H,1H3. The summed E-state index contributed by atoms with van der Waals surface area (Å²) in [4.78, 5) is 0. The zero-order valence-corrected chi connectivity index (χ0v) is 16.5. The van der Waals surface area contributed by atoms with E-state index >= 15 is 0 Å². The van der Waals surface area contributed by atoms with E-state index in [2.05, 4.69) is 96.1 Å². The monoisotopic (exact) mass is 388 g/mol. The van der Waals surface area contributed by atoms with E-state index in [4.69, 9.17) is 10.0 Å². The van der Waals surface area contributed by atoms with Gasteiger partial charge in [0, 0.05) is 24.9 Å². The highest BCUT2D eigenvalue weighted by Gasteiger charge is 2.15. The van der Waals surface area contributed by atoms with Crippen LogP contribution in [-0.4, -0.2) is 26.9 Å². The van der Waals surface area contributed by atoms with Crippen LogP contribution in [0.2, 0.25) is 0 Å². The predicted molar refractivity (Wildman–Crippen MR) is 118 cm³/mol. The molecule has 1 heterocycles. The molecule has 3 aromatic carbocycles. The van der Waals surface area contributed by atoms with Gasteiger partial charge >= 0.3 is 7.12 Å². The van der Waals surface area contributed by atoms with Crippen molar-refractivity contribution in [3.63, 3.8) is 0 Å². The van der Waals surface area contributed by atoms with Gasteiger partial charge in [-0.1, -0.05) is 91.0 Å². The first-order valence-electron chi connectivity index (χ1n) is 8.95. The first-order valence-corrected chi connectivity index (χ1v) is 10.3. The molecule has 6 heteroatoms. The molecule has 0 aliphatic rings.